The van der Waals surface area contributed by atoms with Crippen LogP contribution in [0, 0.1) is 0 Å². The predicted molar refractivity (Wildman–Crippen MR) is 145 cm³/mol. The highest BCUT2D eigenvalue weighted by molar-refractivity contribution is 6.36. The van der Waals surface area contributed by atoms with Crippen molar-refractivity contribution in [1.29, 1.82) is 0 Å². The SMILES string of the molecule is CN1C(=O)N(OC(=O)N2CCN(c3cccc(C(=O)N4CCCCC4)c3Cl)CC2)C(=O)[C@@H]1Cc1ccccc1. The molecule has 5 amide bonds. The van der Waals surface area contributed by atoms with Gasteiger partial charge in [0.15, 0.2) is 0 Å². The molecule has 0 bridgehead atoms. The van der Waals surface area contributed by atoms with Crippen LogP contribution in [0.15, 0.2) is 48.5 Å². The van der Waals surface area contributed by atoms with Gasteiger partial charge in [0.2, 0.25) is 0 Å². The molecule has 3 saturated heterocycles. The second-order valence-electron chi connectivity index (χ2n) is 10.1. The summed E-state index contributed by atoms with van der Waals surface area (Å²) in [6.07, 6.45) is 2.70. The summed E-state index contributed by atoms with van der Waals surface area (Å²) in [6.45, 7) is 3.00. The minimum absolute atomic E-state index is 0.0563. The summed E-state index contributed by atoms with van der Waals surface area (Å²) in [5.74, 6) is -0.625. The number of halogens is 1. The average molecular weight is 554 g/mol. The van der Waals surface area contributed by atoms with E-state index in [1.165, 1.54) is 16.8 Å². The van der Waals surface area contributed by atoms with Crippen molar-refractivity contribution in [2.45, 2.75) is 31.7 Å². The lowest BCUT2D eigenvalue weighted by atomic mass is 10.1. The van der Waals surface area contributed by atoms with Gasteiger partial charge in [0.1, 0.15) is 6.04 Å². The number of urea groups is 1. The molecule has 11 heteroatoms. The van der Waals surface area contributed by atoms with E-state index >= 15 is 0 Å². The number of carbonyl (C=O) groups excluding carboxylic acids is 4. The lowest BCUT2D eigenvalue weighted by Crippen LogP contribution is -2.51. The molecule has 0 N–H and O–H groups in total. The smallest absolute Gasteiger partial charge is 0.367 e. The van der Waals surface area contributed by atoms with Crippen LogP contribution in [0.25, 0.3) is 0 Å². The monoisotopic (exact) mass is 553 g/mol. The minimum Gasteiger partial charge on any atom is -0.367 e. The van der Waals surface area contributed by atoms with Gasteiger partial charge in [-0.15, -0.1) is 0 Å². The molecule has 3 aliphatic heterocycles. The highest BCUT2D eigenvalue weighted by Gasteiger charge is 2.46. The van der Waals surface area contributed by atoms with Crippen molar-refractivity contribution in [2.24, 2.45) is 0 Å². The zero-order valence-electron chi connectivity index (χ0n) is 21.9. The van der Waals surface area contributed by atoms with Crippen LogP contribution in [-0.2, 0) is 16.1 Å². The van der Waals surface area contributed by atoms with Gasteiger partial charge < -0.3 is 24.4 Å². The quantitative estimate of drug-likeness (QED) is 0.525. The second kappa shape index (κ2) is 11.5. The minimum atomic E-state index is -0.759. The number of benzene rings is 2. The van der Waals surface area contributed by atoms with Crippen LogP contribution >= 0.6 is 11.6 Å². The number of rotatable bonds is 5. The third kappa shape index (κ3) is 5.52. The molecule has 0 unspecified atom stereocenters. The molecule has 1 atom stereocenters. The Morgan fingerprint density at radius 1 is 0.872 bits per heavy atom. The molecule has 39 heavy (non-hydrogen) atoms. The molecule has 0 aromatic heterocycles. The maximum Gasteiger partial charge on any atom is 0.434 e. The van der Waals surface area contributed by atoms with Crippen molar-refractivity contribution in [1.82, 2.24) is 19.8 Å². The first-order valence-electron chi connectivity index (χ1n) is 13.3. The Morgan fingerprint density at radius 2 is 1.56 bits per heavy atom. The third-order valence-corrected chi connectivity index (χ3v) is 8.00. The number of hydroxylamine groups is 2. The molecule has 0 radical (unpaired) electrons. The first-order chi connectivity index (χ1) is 18.8. The number of imide groups is 1. The van der Waals surface area contributed by atoms with Gasteiger partial charge in [-0.3, -0.25) is 9.59 Å². The van der Waals surface area contributed by atoms with Gasteiger partial charge in [0.25, 0.3) is 11.8 Å². The van der Waals surface area contributed by atoms with Gasteiger partial charge in [-0.1, -0.05) is 53.1 Å². The maximum absolute atomic E-state index is 13.1. The summed E-state index contributed by atoms with van der Waals surface area (Å²) in [7, 11) is 1.52. The summed E-state index contributed by atoms with van der Waals surface area (Å²) >= 11 is 6.71. The lowest BCUT2D eigenvalue weighted by Gasteiger charge is -2.36. The number of hydrogen-bond acceptors (Lipinski definition) is 6. The molecule has 0 saturated carbocycles. The van der Waals surface area contributed by atoms with Gasteiger partial charge >= 0.3 is 12.1 Å². The second-order valence-corrected chi connectivity index (χ2v) is 10.4. The standard InChI is InChI=1S/C28H32ClN5O5/c1-30-23(19-20-9-4-2-5-10-20)26(36)34(27(30)37)39-28(38)33-17-15-31(16-18-33)22-12-8-11-21(24(22)29)25(35)32-13-6-3-7-14-32/h2,4-5,8-12,23H,3,6-7,13-19H2,1H3/t23-/m0/s1. The summed E-state index contributed by atoms with van der Waals surface area (Å²) in [4.78, 5) is 63.5. The zero-order valence-corrected chi connectivity index (χ0v) is 22.7. The first kappa shape index (κ1) is 26.8. The lowest BCUT2D eigenvalue weighted by molar-refractivity contribution is -0.151. The van der Waals surface area contributed by atoms with E-state index in [1.54, 1.807) is 6.07 Å². The van der Waals surface area contributed by atoms with Crippen LogP contribution < -0.4 is 4.90 Å². The van der Waals surface area contributed by atoms with Gasteiger partial charge in [0, 0.05) is 52.7 Å². The molecule has 3 heterocycles. The van der Waals surface area contributed by atoms with Crippen molar-refractivity contribution in [3.8, 4) is 0 Å². The highest BCUT2D eigenvalue weighted by atomic mass is 35.5. The van der Waals surface area contributed by atoms with E-state index in [1.807, 2.05) is 52.3 Å². The van der Waals surface area contributed by atoms with E-state index in [9.17, 15) is 19.2 Å². The molecule has 10 nitrogen and oxygen atoms in total. The topological polar surface area (TPSA) is 93.7 Å². The van der Waals surface area contributed by atoms with Crippen molar-refractivity contribution in [3.63, 3.8) is 0 Å². The van der Waals surface area contributed by atoms with E-state index < -0.39 is 24.1 Å². The number of piperazine rings is 1. The average Bonchev–Trinajstić information content (AvgIpc) is 3.16. The molecule has 0 aliphatic carbocycles. The normalized spacial score (nSPS) is 20.1. The summed E-state index contributed by atoms with van der Waals surface area (Å²) in [5, 5.41) is 0.972. The molecule has 206 valence electrons. The Balaban J connectivity index is 1.19. The van der Waals surface area contributed by atoms with E-state index in [0.717, 1.165) is 43.6 Å². The number of amides is 5. The van der Waals surface area contributed by atoms with Gasteiger partial charge in [0.05, 0.1) is 16.3 Å². The number of hydrogen-bond donors (Lipinski definition) is 0. The van der Waals surface area contributed by atoms with E-state index in [2.05, 4.69) is 0 Å². The van der Waals surface area contributed by atoms with Crippen LogP contribution in [0.5, 0.6) is 0 Å². The molecule has 2 aromatic carbocycles. The Bertz CT molecular complexity index is 1240. The van der Waals surface area contributed by atoms with E-state index in [-0.39, 0.29) is 5.91 Å². The number of likely N-dealkylation sites (tertiary alicyclic amines) is 1. The highest BCUT2D eigenvalue weighted by Crippen LogP contribution is 2.31. The van der Waals surface area contributed by atoms with Crippen molar-refractivity contribution in [3.05, 3.63) is 64.7 Å². The molecule has 3 fully saturated rings. The fourth-order valence-corrected chi connectivity index (χ4v) is 5.61. The van der Waals surface area contributed by atoms with E-state index in [4.69, 9.17) is 16.4 Å². The largest absolute Gasteiger partial charge is 0.434 e. The number of anilines is 1. The predicted octanol–water partition coefficient (Wildman–Crippen LogP) is 3.65. The van der Waals surface area contributed by atoms with Crippen LogP contribution in [-0.4, -0.2) is 96.1 Å². The van der Waals surface area contributed by atoms with Crippen molar-refractivity contribution >= 4 is 41.2 Å². The number of likely N-dealkylation sites (N-methyl/N-ethyl adjacent to an activating group) is 1. The Kier molecular flexibility index (Phi) is 7.92. The van der Waals surface area contributed by atoms with Crippen LogP contribution in [0.4, 0.5) is 15.3 Å². The summed E-state index contributed by atoms with van der Waals surface area (Å²) in [5.41, 5.74) is 2.13. The number of piperidine rings is 1. The van der Waals surface area contributed by atoms with Gasteiger partial charge in [-0.25, -0.2) is 9.59 Å². The van der Waals surface area contributed by atoms with Crippen LogP contribution in [0.3, 0.4) is 0 Å². The molecule has 2 aromatic rings. The molecule has 5 rings (SSSR count). The van der Waals surface area contributed by atoms with Gasteiger partial charge in [-0.2, -0.15) is 0 Å². The Morgan fingerprint density at radius 3 is 2.26 bits per heavy atom. The summed E-state index contributed by atoms with van der Waals surface area (Å²) < 4.78 is 0. The zero-order chi connectivity index (χ0) is 27.5. The third-order valence-electron chi connectivity index (χ3n) is 7.60. The Labute approximate surface area is 232 Å². The summed E-state index contributed by atoms with van der Waals surface area (Å²) in [6, 6.07) is 13.4. The van der Waals surface area contributed by atoms with E-state index in [0.29, 0.717) is 48.2 Å². The number of carbonyl (C=O) groups is 4. The number of nitrogens with zero attached hydrogens (tertiary/aromatic N) is 5. The Hall–Kier alpha value is -3.79. The molecule has 0 spiro atoms. The van der Waals surface area contributed by atoms with Crippen molar-refractivity contribution in [2.75, 3.05) is 51.2 Å². The van der Waals surface area contributed by atoms with Gasteiger partial charge in [-0.05, 0) is 37.0 Å². The maximum atomic E-state index is 13.1. The van der Waals surface area contributed by atoms with Crippen LogP contribution in [0.2, 0.25) is 5.02 Å². The molecular weight excluding hydrogens is 522 g/mol. The van der Waals surface area contributed by atoms with Crippen LogP contribution in [0.1, 0.15) is 35.2 Å². The van der Waals surface area contributed by atoms with Crippen molar-refractivity contribution < 1.29 is 24.0 Å². The molecule has 3 aliphatic rings. The molecular formula is C28H32ClN5O5. The fraction of sp³-hybridized carbons (Fsp3) is 0.429. The first-order valence-corrected chi connectivity index (χ1v) is 13.7. The fourth-order valence-electron chi connectivity index (χ4n) is 5.28.